The number of H-pyrrole nitrogens is 1. The molecule has 6 atom stereocenters. The molecule has 2 saturated heterocycles. The molecule has 5 aliphatic rings. The third-order valence-corrected chi connectivity index (χ3v) is 9.19. The number of nitrogens with one attached hydrogen (secondary N) is 1. The van der Waals surface area contributed by atoms with E-state index < -0.39 is 11.9 Å². The molecule has 2 saturated carbocycles. The molecule has 0 radical (unpaired) electrons. The van der Waals surface area contributed by atoms with Gasteiger partial charge in [0.2, 0.25) is 5.91 Å². The summed E-state index contributed by atoms with van der Waals surface area (Å²) >= 11 is 1.58. The molecule has 7 heteroatoms. The number of fused-ring (bicyclic) bond motifs is 1. The second-order valence-electron chi connectivity index (χ2n) is 9.91. The Kier molecular flexibility index (Phi) is 4.79. The number of amides is 1. The van der Waals surface area contributed by atoms with E-state index >= 15 is 0 Å². The van der Waals surface area contributed by atoms with Gasteiger partial charge in [-0.25, -0.2) is 4.39 Å². The average Bonchev–Trinajstić information content (AvgIpc) is 3.42. The van der Waals surface area contributed by atoms with E-state index in [0.29, 0.717) is 24.0 Å². The Balaban J connectivity index is 1.36. The number of carbonyl (C=O) groups is 2. The Morgan fingerprint density at radius 3 is 2.94 bits per heavy atom. The first kappa shape index (κ1) is 20.2. The number of carboxylic acid groups (broad SMARTS) is 1. The summed E-state index contributed by atoms with van der Waals surface area (Å²) in [5.74, 6) is -0.812. The van der Waals surface area contributed by atoms with Crippen LogP contribution in [0.3, 0.4) is 0 Å². The van der Waals surface area contributed by atoms with Crippen molar-refractivity contribution < 1.29 is 19.1 Å². The number of thiophene rings is 1. The largest absolute Gasteiger partial charge is 0.481 e. The summed E-state index contributed by atoms with van der Waals surface area (Å²) < 4.78 is 14.9. The summed E-state index contributed by atoms with van der Waals surface area (Å²) in [6, 6.07) is 3.93. The lowest BCUT2D eigenvalue weighted by molar-refractivity contribution is -0.171. The predicted molar refractivity (Wildman–Crippen MR) is 120 cm³/mol. The summed E-state index contributed by atoms with van der Waals surface area (Å²) in [5, 5.41) is 13.3. The first-order valence-electron chi connectivity index (χ1n) is 11.6. The normalized spacial score (nSPS) is 31.3. The van der Waals surface area contributed by atoms with Gasteiger partial charge in [0.25, 0.3) is 0 Å². The van der Waals surface area contributed by atoms with Crippen LogP contribution < -0.4 is 10.6 Å². The Bertz CT molecular complexity index is 1190. The summed E-state index contributed by atoms with van der Waals surface area (Å²) in [6.45, 7) is 0. The highest BCUT2D eigenvalue weighted by Crippen LogP contribution is 2.52. The van der Waals surface area contributed by atoms with Gasteiger partial charge in [0.15, 0.2) is 0 Å². The molecule has 4 bridgehead atoms. The lowest BCUT2D eigenvalue weighted by Gasteiger charge is -2.59. The number of rotatable bonds is 5. The minimum atomic E-state index is -0.765. The monoisotopic (exact) mass is 454 g/mol. The zero-order valence-corrected chi connectivity index (χ0v) is 18.6. The van der Waals surface area contributed by atoms with Gasteiger partial charge in [-0.2, -0.15) is 0 Å². The van der Waals surface area contributed by atoms with Crippen molar-refractivity contribution in [2.45, 2.75) is 62.9 Å². The van der Waals surface area contributed by atoms with Gasteiger partial charge >= 0.3 is 5.97 Å². The summed E-state index contributed by atoms with van der Waals surface area (Å²) in [4.78, 5) is 32.0. The fraction of sp³-hybridized carbons (Fsp3) is 0.520. The SMILES string of the molecule is O=C(O)C1C2CC3CC(C2)N(C(=O)CC(c2cccs2)c2c[nH]c4c2=C(F)CCC=4)C1C3. The van der Waals surface area contributed by atoms with Crippen LogP contribution >= 0.6 is 11.3 Å². The van der Waals surface area contributed by atoms with Crippen LogP contribution in [0.15, 0.2) is 23.7 Å². The number of aromatic nitrogens is 1. The van der Waals surface area contributed by atoms with Crippen molar-refractivity contribution in [1.82, 2.24) is 9.88 Å². The van der Waals surface area contributed by atoms with Crippen molar-refractivity contribution in [3.8, 4) is 0 Å². The number of carboxylic acids is 1. The first-order valence-corrected chi connectivity index (χ1v) is 12.5. The Labute approximate surface area is 189 Å². The van der Waals surface area contributed by atoms with Crippen LogP contribution in [-0.2, 0) is 9.59 Å². The zero-order chi connectivity index (χ0) is 22.0. The molecule has 2 N–H and O–H groups in total. The van der Waals surface area contributed by atoms with Gasteiger partial charge in [-0.15, -0.1) is 11.3 Å². The molecule has 2 aliphatic heterocycles. The quantitative estimate of drug-likeness (QED) is 0.728. The number of aromatic amines is 1. The van der Waals surface area contributed by atoms with E-state index in [4.69, 9.17) is 0 Å². The summed E-state index contributed by atoms with van der Waals surface area (Å²) in [7, 11) is 0. The minimum absolute atomic E-state index is 0.0126. The number of carbonyl (C=O) groups excluding carboxylic acids is 1. The molecule has 7 rings (SSSR count). The summed E-state index contributed by atoms with van der Waals surface area (Å²) in [6.07, 6.45) is 8.78. The van der Waals surface area contributed by atoms with E-state index in [0.717, 1.165) is 41.5 Å². The van der Waals surface area contributed by atoms with Crippen LogP contribution in [0.1, 0.15) is 61.3 Å². The Morgan fingerprint density at radius 2 is 2.16 bits per heavy atom. The number of hydrogen-bond acceptors (Lipinski definition) is 3. The molecule has 168 valence electrons. The summed E-state index contributed by atoms with van der Waals surface area (Å²) in [5.41, 5.74) is 0.837. The van der Waals surface area contributed by atoms with Crippen LogP contribution in [0.25, 0.3) is 11.9 Å². The molecule has 32 heavy (non-hydrogen) atoms. The van der Waals surface area contributed by atoms with Crippen molar-refractivity contribution in [3.63, 3.8) is 0 Å². The van der Waals surface area contributed by atoms with Crippen LogP contribution in [-0.4, -0.2) is 39.0 Å². The van der Waals surface area contributed by atoms with Crippen LogP contribution in [0.2, 0.25) is 0 Å². The lowest BCUT2D eigenvalue weighted by atomic mass is 9.58. The number of halogens is 1. The number of aliphatic carboxylic acids is 1. The zero-order valence-electron chi connectivity index (χ0n) is 17.8. The fourth-order valence-electron chi connectivity index (χ4n) is 7.07. The van der Waals surface area contributed by atoms with Crippen LogP contribution in [0.4, 0.5) is 4.39 Å². The fourth-order valence-corrected chi connectivity index (χ4v) is 7.92. The molecule has 6 unspecified atom stereocenters. The van der Waals surface area contributed by atoms with E-state index in [1.165, 1.54) is 0 Å². The van der Waals surface area contributed by atoms with Crippen molar-refractivity contribution in [3.05, 3.63) is 44.7 Å². The molecular formula is C25H27FN2O3S. The van der Waals surface area contributed by atoms with E-state index in [1.54, 1.807) is 11.3 Å². The molecule has 3 aliphatic carbocycles. The van der Waals surface area contributed by atoms with Gasteiger partial charge in [-0.3, -0.25) is 9.59 Å². The third kappa shape index (κ3) is 3.08. The van der Waals surface area contributed by atoms with Gasteiger partial charge in [-0.05, 0) is 60.9 Å². The Hall–Kier alpha value is -2.41. The van der Waals surface area contributed by atoms with Gasteiger partial charge in [0.05, 0.1) is 5.92 Å². The second kappa shape index (κ2) is 7.58. The van der Waals surface area contributed by atoms with Crippen LogP contribution in [0, 0.1) is 17.8 Å². The average molecular weight is 455 g/mol. The molecule has 4 heterocycles. The highest BCUT2D eigenvalue weighted by molar-refractivity contribution is 7.10. The topological polar surface area (TPSA) is 73.4 Å². The standard InChI is InChI=1S/C25H27FN2O3S/c26-18-3-1-4-19-24(18)17(12-27-19)16(21-5-2-6-32-21)11-22(29)28-15-8-13-7-14(10-15)23(25(30)31)20(28)9-13/h2,4-6,12-16,20,23,27H,1,3,7-11H2,(H,30,31). The van der Waals surface area contributed by atoms with E-state index in [-0.39, 0.29) is 42.1 Å². The van der Waals surface area contributed by atoms with Crippen LogP contribution in [0.5, 0.6) is 0 Å². The van der Waals surface area contributed by atoms with Crippen molar-refractivity contribution in [2.75, 3.05) is 0 Å². The number of nitrogens with zero attached hydrogens (tertiary/aromatic N) is 1. The van der Waals surface area contributed by atoms with Crippen molar-refractivity contribution >= 4 is 35.1 Å². The molecule has 0 aromatic carbocycles. The highest BCUT2D eigenvalue weighted by Gasteiger charge is 2.56. The van der Waals surface area contributed by atoms with Gasteiger partial charge in [0, 0.05) is 52.5 Å². The van der Waals surface area contributed by atoms with Gasteiger partial charge in [-0.1, -0.05) is 12.1 Å². The molecule has 5 nitrogen and oxygen atoms in total. The highest BCUT2D eigenvalue weighted by atomic mass is 32.1. The van der Waals surface area contributed by atoms with E-state index in [9.17, 15) is 19.1 Å². The molecule has 4 fully saturated rings. The van der Waals surface area contributed by atoms with Crippen molar-refractivity contribution in [1.29, 1.82) is 0 Å². The molecule has 1 amide bonds. The van der Waals surface area contributed by atoms with E-state index in [1.807, 2.05) is 34.7 Å². The molecule has 2 aromatic rings. The van der Waals surface area contributed by atoms with Gasteiger partial charge in [0.1, 0.15) is 5.83 Å². The number of piperidine rings is 2. The number of hydrogen-bond donors (Lipinski definition) is 2. The molecule has 0 spiro atoms. The predicted octanol–water partition coefficient (Wildman–Crippen LogP) is 3.35. The molecular weight excluding hydrogens is 427 g/mol. The lowest BCUT2D eigenvalue weighted by Crippen LogP contribution is -2.65. The van der Waals surface area contributed by atoms with Gasteiger partial charge < -0.3 is 15.0 Å². The third-order valence-electron chi connectivity index (χ3n) is 8.20. The molecule has 2 aromatic heterocycles. The van der Waals surface area contributed by atoms with E-state index in [2.05, 4.69) is 4.98 Å². The van der Waals surface area contributed by atoms with Crippen molar-refractivity contribution in [2.24, 2.45) is 17.8 Å². The smallest absolute Gasteiger partial charge is 0.308 e. The maximum atomic E-state index is 14.9. The maximum Gasteiger partial charge on any atom is 0.308 e. The Morgan fingerprint density at radius 1 is 1.28 bits per heavy atom. The maximum absolute atomic E-state index is 14.9. The second-order valence-corrected chi connectivity index (χ2v) is 10.9. The minimum Gasteiger partial charge on any atom is -0.481 e. The first-order chi connectivity index (χ1) is 15.5.